The molecule has 0 spiro atoms. The molecule has 0 aromatic heterocycles. The van der Waals surface area contributed by atoms with Crippen molar-refractivity contribution in [3.05, 3.63) is 83.7 Å². The smallest absolute Gasteiger partial charge is 0.133 e. The average molecular weight is 263 g/mol. The van der Waals surface area contributed by atoms with E-state index in [-0.39, 0.29) is 5.82 Å². The Labute approximate surface area is 117 Å². The van der Waals surface area contributed by atoms with E-state index in [1.165, 1.54) is 6.07 Å². The zero-order chi connectivity index (χ0) is 13.9. The Kier molecular flexibility index (Phi) is 3.30. The largest absolute Gasteiger partial charge is 0.287 e. The second kappa shape index (κ2) is 5.25. The summed E-state index contributed by atoms with van der Waals surface area (Å²) in [6.45, 7) is 0. The van der Waals surface area contributed by atoms with Crippen molar-refractivity contribution >= 4 is 16.5 Å². The van der Waals surface area contributed by atoms with Crippen LogP contribution in [0.1, 0.15) is 11.1 Å². The van der Waals surface area contributed by atoms with Crippen LogP contribution in [-0.4, -0.2) is 12.8 Å². The predicted octanol–water partition coefficient (Wildman–Crippen LogP) is 4.45. The Morgan fingerprint density at radius 3 is 2.30 bits per heavy atom. The third-order valence-electron chi connectivity index (χ3n) is 3.39. The van der Waals surface area contributed by atoms with Gasteiger partial charge in [-0.1, -0.05) is 60.7 Å². The van der Waals surface area contributed by atoms with Crippen LogP contribution < -0.4 is 0 Å². The Bertz CT molecular complexity index is 776. The van der Waals surface area contributed by atoms with Crippen LogP contribution in [0.5, 0.6) is 0 Å². The molecule has 20 heavy (non-hydrogen) atoms. The number of aliphatic imine (C=N–C) groups is 1. The highest BCUT2D eigenvalue weighted by Gasteiger charge is 2.14. The van der Waals surface area contributed by atoms with E-state index in [2.05, 4.69) is 4.99 Å². The normalized spacial score (nSPS) is 11.8. The summed E-state index contributed by atoms with van der Waals surface area (Å²) in [7, 11) is 1.70. The first-order valence-electron chi connectivity index (χ1n) is 6.51. The van der Waals surface area contributed by atoms with Gasteiger partial charge >= 0.3 is 0 Å². The number of fused-ring (bicyclic) bond motifs is 1. The van der Waals surface area contributed by atoms with Gasteiger partial charge in [-0.05, 0) is 16.8 Å². The highest BCUT2D eigenvalue weighted by Crippen LogP contribution is 2.24. The first kappa shape index (κ1) is 12.5. The third-order valence-corrected chi connectivity index (χ3v) is 3.39. The van der Waals surface area contributed by atoms with E-state index in [4.69, 9.17) is 0 Å². The maximum Gasteiger partial charge on any atom is 0.133 e. The van der Waals surface area contributed by atoms with Crippen molar-refractivity contribution in [2.45, 2.75) is 0 Å². The molecule has 3 aromatic rings. The van der Waals surface area contributed by atoms with E-state index < -0.39 is 0 Å². The minimum Gasteiger partial charge on any atom is -0.287 e. The molecule has 0 atom stereocenters. The summed E-state index contributed by atoms with van der Waals surface area (Å²) in [6.07, 6.45) is 0. The van der Waals surface area contributed by atoms with E-state index in [9.17, 15) is 4.39 Å². The lowest BCUT2D eigenvalue weighted by Crippen LogP contribution is -2.07. The van der Waals surface area contributed by atoms with Gasteiger partial charge < -0.3 is 0 Å². The summed E-state index contributed by atoms with van der Waals surface area (Å²) < 4.78 is 14.4. The van der Waals surface area contributed by atoms with Crippen LogP contribution in [-0.2, 0) is 0 Å². The van der Waals surface area contributed by atoms with Crippen LogP contribution in [0.25, 0.3) is 10.8 Å². The summed E-state index contributed by atoms with van der Waals surface area (Å²) in [5.41, 5.74) is 2.17. The molecule has 0 bridgehead atoms. The van der Waals surface area contributed by atoms with Gasteiger partial charge in [-0.2, -0.15) is 0 Å². The molecule has 0 aliphatic carbocycles. The zero-order valence-corrected chi connectivity index (χ0v) is 11.2. The number of rotatable bonds is 2. The molecule has 3 aromatic carbocycles. The third kappa shape index (κ3) is 2.10. The Balaban J connectivity index is 2.31. The molecular weight excluding hydrogens is 249 g/mol. The molecule has 0 N–H and O–H groups in total. The number of hydrogen-bond donors (Lipinski definition) is 0. The van der Waals surface area contributed by atoms with Crippen LogP contribution in [0.4, 0.5) is 4.39 Å². The fourth-order valence-electron chi connectivity index (χ4n) is 2.47. The molecule has 1 nitrogen and oxygen atoms in total. The van der Waals surface area contributed by atoms with Crippen LogP contribution >= 0.6 is 0 Å². The molecule has 0 saturated carbocycles. The summed E-state index contributed by atoms with van der Waals surface area (Å²) in [5.74, 6) is -0.242. The molecule has 0 heterocycles. The fraction of sp³-hybridized carbons (Fsp3) is 0.0556. The number of halogens is 1. The van der Waals surface area contributed by atoms with E-state index in [0.29, 0.717) is 11.3 Å². The molecule has 2 heteroatoms. The van der Waals surface area contributed by atoms with Crippen molar-refractivity contribution in [1.29, 1.82) is 0 Å². The van der Waals surface area contributed by atoms with Crippen molar-refractivity contribution in [3.8, 4) is 0 Å². The van der Waals surface area contributed by atoms with Crippen LogP contribution in [0.15, 0.2) is 71.7 Å². The summed E-state index contributed by atoms with van der Waals surface area (Å²) in [4.78, 5) is 4.32. The van der Waals surface area contributed by atoms with Crippen molar-refractivity contribution < 1.29 is 4.39 Å². The van der Waals surface area contributed by atoms with E-state index in [0.717, 1.165) is 16.3 Å². The molecule has 0 aliphatic heterocycles. The van der Waals surface area contributed by atoms with Gasteiger partial charge in [0.2, 0.25) is 0 Å². The van der Waals surface area contributed by atoms with E-state index >= 15 is 0 Å². The highest BCUT2D eigenvalue weighted by molar-refractivity contribution is 6.19. The van der Waals surface area contributed by atoms with Gasteiger partial charge in [0.1, 0.15) is 5.82 Å². The molecule has 0 fully saturated rings. The second-order valence-corrected chi connectivity index (χ2v) is 4.58. The SMILES string of the molecule is C/N=C(\c1ccccc1)c1c(F)ccc2ccccc12. The standard InChI is InChI=1S/C18H14FN/c1-20-18(14-8-3-2-4-9-14)17-15-10-6-5-7-13(15)11-12-16(17)19/h2-12H,1H3/b20-18+. The lowest BCUT2D eigenvalue weighted by molar-refractivity contribution is 0.627. The highest BCUT2D eigenvalue weighted by atomic mass is 19.1. The van der Waals surface area contributed by atoms with Crippen molar-refractivity contribution in [2.24, 2.45) is 4.99 Å². The van der Waals surface area contributed by atoms with Gasteiger partial charge in [-0.15, -0.1) is 0 Å². The lowest BCUT2D eigenvalue weighted by atomic mass is 9.96. The summed E-state index contributed by atoms with van der Waals surface area (Å²) >= 11 is 0. The van der Waals surface area contributed by atoms with Gasteiger partial charge in [0.25, 0.3) is 0 Å². The fourth-order valence-corrected chi connectivity index (χ4v) is 2.47. The second-order valence-electron chi connectivity index (χ2n) is 4.58. The molecule has 98 valence electrons. The molecule has 0 saturated heterocycles. The minimum atomic E-state index is -0.242. The van der Waals surface area contributed by atoms with Gasteiger partial charge in [-0.25, -0.2) is 4.39 Å². The Hall–Kier alpha value is -2.48. The number of benzene rings is 3. The van der Waals surface area contributed by atoms with E-state index in [1.807, 2.05) is 54.6 Å². The molecule has 0 aliphatic rings. The maximum atomic E-state index is 14.4. The van der Waals surface area contributed by atoms with Gasteiger partial charge in [-0.3, -0.25) is 4.99 Å². The minimum absolute atomic E-state index is 0.242. The first-order valence-corrected chi connectivity index (χ1v) is 6.51. The van der Waals surface area contributed by atoms with Gasteiger partial charge in [0.15, 0.2) is 0 Å². The maximum absolute atomic E-state index is 14.4. The molecule has 3 rings (SSSR count). The van der Waals surface area contributed by atoms with Crippen LogP contribution in [0.2, 0.25) is 0 Å². The van der Waals surface area contributed by atoms with Gasteiger partial charge in [0, 0.05) is 18.2 Å². The quantitative estimate of drug-likeness (QED) is 0.606. The van der Waals surface area contributed by atoms with Crippen LogP contribution in [0.3, 0.4) is 0 Å². The van der Waals surface area contributed by atoms with Crippen molar-refractivity contribution in [1.82, 2.24) is 0 Å². The average Bonchev–Trinajstić information content (AvgIpc) is 2.51. The van der Waals surface area contributed by atoms with E-state index in [1.54, 1.807) is 13.1 Å². The Morgan fingerprint density at radius 1 is 0.850 bits per heavy atom. The topological polar surface area (TPSA) is 12.4 Å². The van der Waals surface area contributed by atoms with Crippen molar-refractivity contribution in [3.63, 3.8) is 0 Å². The summed E-state index contributed by atoms with van der Waals surface area (Å²) in [5, 5.41) is 1.90. The molecule has 0 unspecified atom stereocenters. The Morgan fingerprint density at radius 2 is 1.55 bits per heavy atom. The van der Waals surface area contributed by atoms with Crippen LogP contribution in [0, 0.1) is 5.82 Å². The first-order chi connectivity index (χ1) is 9.81. The number of hydrogen-bond acceptors (Lipinski definition) is 1. The van der Waals surface area contributed by atoms with Crippen molar-refractivity contribution in [2.75, 3.05) is 7.05 Å². The zero-order valence-electron chi connectivity index (χ0n) is 11.2. The monoisotopic (exact) mass is 263 g/mol. The predicted molar refractivity (Wildman–Crippen MR) is 81.9 cm³/mol. The molecular formula is C18H14FN. The summed E-state index contributed by atoms with van der Waals surface area (Å²) in [6, 6.07) is 20.8. The molecule has 0 radical (unpaired) electrons. The lowest BCUT2D eigenvalue weighted by Gasteiger charge is -2.11. The molecule has 0 amide bonds. The van der Waals surface area contributed by atoms with Gasteiger partial charge in [0.05, 0.1) is 5.71 Å². The number of nitrogens with zero attached hydrogens (tertiary/aromatic N) is 1.